The van der Waals surface area contributed by atoms with Gasteiger partial charge >= 0.3 is 0 Å². The molecule has 6 nitrogen and oxygen atoms in total. The summed E-state index contributed by atoms with van der Waals surface area (Å²) in [5, 5.41) is 9.11. The van der Waals surface area contributed by atoms with E-state index in [1.807, 2.05) is 48.7 Å². The first kappa shape index (κ1) is 15.6. The predicted octanol–water partition coefficient (Wildman–Crippen LogP) is 1.56. The topological polar surface area (TPSA) is 63.5 Å². The fourth-order valence-electron chi connectivity index (χ4n) is 3.51. The average Bonchev–Trinajstić information content (AvgIpc) is 2.69. The van der Waals surface area contributed by atoms with Crippen molar-refractivity contribution in [2.75, 3.05) is 37.6 Å². The molecule has 2 aromatic rings. The number of amides is 1. The minimum Gasteiger partial charge on any atom is -0.307 e. The second-order valence-electron chi connectivity index (χ2n) is 6.36. The normalized spacial score (nSPS) is 20.9. The number of aromatic nitrogens is 1. The number of rotatable bonds is 2. The van der Waals surface area contributed by atoms with Gasteiger partial charge in [0.15, 0.2) is 6.19 Å². The number of piperazine rings is 2. The number of anilines is 1. The highest BCUT2D eigenvalue weighted by Crippen LogP contribution is 2.24. The fourth-order valence-corrected chi connectivity index (χ4v) is 3.51. The number of hydrogen-bond acceptors (Lipinski definition) is 5. The van der Waals surface area contributed by atoms with Crippen molar-refractivity contribution in [3.8, 4) is 17.3 Å². The SMILES string of the molecule is N#CN1CCN2CCN(c3ccc(-c4ccccc4)cn3)C(=O)C2C1. The van der Waals surface area contributed by atoms with Crippen LogP contribution in [0.15, 0.2) is 48.7 Å². The third-order valence-corrected chi connectivity index (χ3v) is 4.93. The van der Waals surface area contributed by atoms with E-state index in [2.05, 4.69) is 16.1 Å². The van der Waals surface area contributed by atoms with Gasteiger partial charge in [-0.25, -0.2) is 4.98 Å². The van der Waals surface area contributed by atoms with E-state index in [9.17, 15) is 4.79 Å². The van der Waals surface area contributed by atoms with Crippen LogP contribution in [0.1, 0.15) is 0 Å². The van der Waals surface area contributed by atoms with Gasteiger partial charge in [-0.1, -0.05) is 30.3 Å². The summed E-state index contributed by atoms with van der Waals surface area (Å²) >= 11 is 0. The number of carbonyl (C=O) groups is 1. The first-order valence-electron chi connectivity index (χ1n) is 8.48. The molecule has 2 aliphatic heterocycles. The second kappa shape index (κ2) is 6.54. The van der Waals surface area contributed by atoms with Crippen LogP contribution < -0.4 is 4.90 Å². The van der Waals surface area contributed by atoms with E-state index in [1.54, 1.807) is 9.80 Å². The Hall–Kier alpha value is -2.91. The van der Waals surface area contributed by atoms with Gasteiger partial charge in [-0.05, 0) is 17.7 Å². The summed E-state index contributed by atoms with van der Waals surface area (Å²) in [6.45, 7) is 3.38. The number of carbonyl (C=O) groups excluding carboxylic acids is 1. The van der Waals surface area contributed by atoms with Crippen LogP contribution in [0.2, 0.25) is 0 Å². The molecule has 1 aromatic heterocycles. The molecule has 2 aliphatic rings. The Bertz CT molecular complexity index is 799. The van der Waals surface area contributed by atoms with Crippen LogP contribution in [-0.4, -0.2) is 59.5 Å². The molecule has 3 heterocycles. The van der Waals surface area contributed by atoms with Gasteiger partial charge in [-0.3, -0.25) is 14.6 Å². The Morgan fingerprint density at radius 1 is 1.00 bits per heavy atom. The molecule has 4 rings (SSSR count). The van der Waals surface area contributed by atoms with Crippen molar-refractivity contribution >= 4 is 11.7 Å². The lowest BCUT2D eigenvalue weighted by Gasteiger charge is -2.44. The van der Waals surface area contributed by atoms with E-state index >= 15 is 0 Å². The third-order valence-electron chi connectivity index (χ3n) is 4.93. The van der Waals surface area contributed by atoms with Crippen molar-refractivity contribution in [2.24, 2.45) is 0 Å². The zero-order chi connectivity index (χ0) is 17.2. The Morgan fingerprint density at radius 3 is 2.52 bits per heavy atom. The van der Waals surface area contributed by atoms with Gasteiger partial charge in [-0.2, -0.15) is 5.26 Å². The van der Waals surface area contributed by atoms with Crippen molar-refractivity contribution in [1.82, 2.24) is 14.8 Å². The van der Waals surface area contributed by atoms with E-state index < -0.39 is 0 Å². The van der Waals surface area contributed by atoms with Crippen LogP contribution in [0.25, 0.3) is 11.1 Å². The standard InChI is InChI=1S/C19H19N5O/c20-14-22-8-9-23-10-11-24(19(25)17(23)13-22)18-7-6-16(12-21-18)15-4-2-1-3-5-15/h1-7,12,17H,8-11,13H2. The lowest BCUT2D eigenvalue weighted by Crippen LogP contribution is -2.64. The Morgan fingerprint density at radius 2 is 1.80 bits per heavy atom. The van der Waals surface area contributed by atoms with E-state index in [0.29, 0.717) is 25.5 Å². The van der Waals surface area contributed by atoms with Crippen LogP contribution in [0.3, 0.4) is 0 Å². The molecule has 1 atom stereocenters. The van der Waals surface area contributed by atoms with E-state index in [-0.39, 0.29) is 11.9 Å². The summed E-state index contributed by atoms with van der Waals surface area (Å²) in [4.78, 5) is 23.0. The molecule has 1 unspecified atom stereocenters. The van der Waals surface area contributed by atoms with Crippen molar-refractivity contribution in [3.63, 3.8) is 0 Å². The molecule has 6 heteroatoms. The first-order valence-corrected chi connectivity index (χ1v) is 8.48. The summed E-state index contributed by atoms with van der Waals surface area (Å²) in [5.41, 5.74) is 2.14. The highest BCUT2D eigenvalue weighted by atomic mass is 16.2. The first-order chi connectivity index (χ1) is 12.3. The average molecular weight is 333 g/mol. The maximum absolute atomic E-state index is 12.9. The molecule has 0 radical (unpaired) electrons. The number of pyridine rings is 1. The van der Waals surface area contributed by atoms with Crippen molar-refractivity contribution in [1.29, 1.82) is 5.26 Å². The molecule has 2 saturated heterocycles. The Labute approximate surface area is 146 Å². The zero-order valence-corrected chi connectivity index (χ0v) is 13.9. The summed E-state index contributed by atoms with van der Waals surface area (Å²) in [5.74, 6) is 0.713. The van der Waals surface area contributed by atoms with E-state index in [1.165, 1.54) is 0 Å². The van der Waals surface area contributed by atoms with Crippen molar-refractivity contribution < 1.29 is 4.79 Å². The van der Waals surface area contributed by atoms with Crippen molar-refractivity contribution in [2.45, 2.75) is 6.04 Å². The molecule has 0 spiro atoms. The quantitative estimate of drug-likeness (QED) is 0.781. The molecule has 1 amide bonds. The largest absolute Gasteiger partial charge is 0.307 e. The number of nitriles is 1. The van der Waals surface area contributed by atoms with Gasteiger partial charge in [0.1, 0.15) is 11.9 Å². The third kappa shape index (κ3) is 2.94. The van der Waals surface area contributed by atoms with Crippen LogP contribution in [0, 0.1) is 11.5 Å². The Balaban J connectivity index is 1.54. The van der Waals surface area contributed by atoms with Gasteiger partial charge in [-0.15, -0.1) is 0 Å². The molecule has 0 N–H and O–H groups in total. The molecule has 0 saturated carbocycles. The fraction of sp³-hybridized carbons (Fsp3) is 0.316. The molecule has 25 heavy (non-hydrogen) atoms. The minimum atomic E-state index is -0.252. The molecule has 2 fully saturated rings. The van der Waals surface area contributed by atoms with Gasteiger partial charge in [0.05, 0.1) is 6.54 Å². The molecular weight excluding hydrogens is 314 g/mol. The minimum absolute atomic E-state index is 0.0335. The zero-order valence-electron chi connectivity index (χ0n) is 13.9. The van der Waals surface area contributed by atoms with Crippen LogP contribution >= 0.6 is 0 Å². The molecule has 1 aromatic carbocycles. The van der Waals surface area contributed by atoms with Gasteiger partial charge in [0, 0.05) is 37.9 Å². The number of hydrogen-bond donors (Lipinski definition) is 0. The lowest BCUT2D eigenvalue weighted by atomic mass is 10.1. The molecule has 0 bridgehead atoms. The smallest absolute Gasteiger partial charge is 0.247 e. The van der Waals surface area contributed by atoms with Gasteiger partial charge in [0.2, 0.25) is 5.91 Å². The monoisotopic (exact) mass is 333 g/mol. The van der Waals surface area contributed by atoms with E-state index in [0.717, 1.165) is 24.2 Å². The molecule has 0 aliphatic carbocycles. The summed E-state index contributed by atoms with van der Waals surface area (Å²) < 4.78 is 0. The van der Waals surface area contributed by atoms with Crippen molar-refractivity contribution in [3.05, 3.63) is 48.7 Å². The van der Waals surface area contributed by atoms with Crippen LogP contribution in [0.5, 0.6) is 0 Å². The highest BCUT2D eigenvalue weighted by Gasteiger charge is 2.39. The van der Waals surface area contributed by atoms with Crippen LogP contribution in [-0.2, 0) is 4.79 Å². The highest BCUT2D eigenvalue weighted by molar-refractivity contribution is 5.97. The lowest BCUT2D eigenvalue weighted by molar-refractivity contribution is -0.127. The molecule has 126 valence electrons. The van der Waals surface area contributed by atoms with Gasteiger partial charge in [0.25, 0.3) is 0 Å². The summed E-state index contributed by atoms with van der Waals surface area (Å²) in [6.07, 6.45) is 3.97. The number of benzene rings is 1. The van der Waals surface area contributed by atoms with Gasteiger partial charge < -0.3 is 4.90 Å². The molecular formula is C19H19N5O. The Kier molecular flexibility index (Phi) is 4.08. The predicted molar refractivity (Wildman–Crippen MR) is 94.6 cm³/mol. The second-order valence-corrected chi connectivity index (χ2v) is 6.36. The maximum Gasteiger partial charge on any atom is 0.247 e. The van der Waals surface area contributed by atoms with Crippen LogP contribution in [0.4, 0.5) is 5.82 Å². The number of fused-ring (bicyclic) bond motifs is 1. The number of nitrogens with zero attached hydrogens (tertiary/aromatic N) is 5. The van der Waals surface area contributed by atoms with E-state index in [4.69, 9.17) is 5.26 Å². The summed E-state index contributed by atoms with van der Waals surface area (Å²) in [6, 6.07) is 13.7. The summed E-state index contributed by atoms with van der Waals surface area (Å²) in [7, 11) is 0. The maximum atomic E-state index is 12.9.